The lowest BCUT2D eigenvalue weighted by molar-refractivity contribution is 0.0309. The minimum absolute atomic E-state index is 0. The number of nitrogens with zero attached hydrogens (tertiary/aromatic N) is 29. The number of carboxylic acid groups (broad SMARTS) is 1. The molecule has 4 saturated heterocycles. The number of hydrogen-bond acceptors (Lipinski definition) is 29. The molecule has 20 rings (SSSR count). The number of amides is 5. The maximum atomic E-state index is 13.5. The van der Waals surface area contributed by atoms with Gasteiger partial charge in [-0.25, -0.2) is 49.5 Å². The van der Waals surface area contributed by atoms with E-state index >= 15 is 0 Å². The van der Waals surface area contributed by atoms with Crippen molar-refractivity contribution in [2.24, 2.45) is 5.73 Å². The van der Waals surface area contributed by atoms with Gasteiger partial charge in [-0.15, -0.1) is 0 Å². The van der Waals surface area contributed by atoms with E-state index in [1.807, 2.05) is 105 Å². The van der Waals surface area contributed by atoms with Gasteiger partial charge in [-0.1, -0.05) is 67.6 Å². The number of nitriles is 1. The van der Waals surface area contributed by atoms with Gasteiger partial charge in [-0.2, -0.15) is 65.2 Å². The molecular weight excluding hydrogens is 1760 g/mol. The molecule has 0 saturated carbocycles. The molecule has 4 aliphatic heterocycles. The third-order valence-electron chi connectivity index (χ3n) is 22.8. The molecular formula is C91H93ClN30O13. The number of nitrogens with two attached hydrogens (primary N) is 1. The number of benzene rings is 4. The van der Waals surface area contributed by atoms with Gasteiger partial charge in [0.05, 0.1) is 127 Å². The first kappa shape index (κ1) is 93.0. The molecule has 0 aliphatic carbocycles. The van der Waals surface area contributed by atoms with Gasteiger partial charge >= 0.3 is 11.9 Å². The van der Waals surface area contributed by atoms with E-state index in [0.717, 1.165) is 51.4 Å². The third kappa shape index (κ3) is 21.1. The van der Waals surface area contributed by atoms with Gasteiger partial charge in [0.1, 0.15) is 30.1 Å². The molecule has 43 nitrogen and oxygen atoms in total. The number of piperidine rings is 4. The number of hydrogen-bond donors (Lipinski definition) is 3. The minimum atomic E-state index is -1.13. The van der Waals surface area contributed by atoms with Crippen molar-refractivity contribution in [2.75, 3.05) is 32.8 Å². The number of para-hydroxylation sites is 4. The van der Waals surface area contributed by atoms with E-state index in [9.17, 15) is 43.8 Å². The van der Waals surface area contributed by atoms with Crippen LogP contribution in [0.4, 0.5) is 0 Å². The summed E-state index contributed by atoms with van der Waals surface area (Å²) in [6, 6.07) is 31.3. The first-order chi connectivity index (χ1) is 65.0. The quantitative estimate of drug-likeness (QED) is 0.0673. The number of fused-ring (bicyclic) bond motifs is 4. The number of β-amino-alcohol motifs (C(OH)–C–C–N with tert-alkyl or cyclic N) is 1. The summed E-state index contributed by atoms with van der Waals surface area (Å²) >= 11 is 5.81. The number of carbonyl (C=O) groups excluding carboxylic acids is 6. The van der Waals surface area contributed by atoms with E-state index in [-0.39, 0.29) is 108 Å². The molecule has 0 spiro atoms. The van der Waals surface area contributed by atoms with Crippen molar-refractivity contribution in [1.82, 2.24) is 137 Å². The van der Waals surface area contributed by atoms with Gasteiger partial charge in [-0.3, -0.25) is 28.4 Å². The van der Waals surface area contributed by atoms with Crippen LogP contribution >= 0.6 is 11.6 Å². The van der Waals surface area contributed by atoms with Gasteiger partial charge in [0.25, 0.3) is 47.2 Å². The first-order valence-corrected chi connectivity index (χ1v) is 43.3. The highest BCUT2D eigenvalue weighted by molar-refractivity contribution is 6.32. The molecule has 0 radical (unpaired) electrons. The molecule has 4 aliphatic rings. The summed E-state index contributed by atoms with van der Waals surface area (Å²) in [6.45, 7) is 11.7. The Morgan fingerprint density at radius 2 is 0.726 bits per heavy atom. The van der Waals surface area contributed by atoms with E-state index in [0.29, 0.717) is 112 Å². The molecule has 12 aromatic heterocycles. The first-order valence-electron chi connectivity index (χ1n) is 42.9. The number of imidazole rings is 4. The van der Waals surface area contributed by atoms with Crippen LogP contribution in [0.1, 0.15) is 172 Å². The predicted molar refractivity (Wildman–Crippen MR) is 483 cm³/mol. The average molecular weight is 1850 g/mol. The van der Waals surface area contributed by atoms with Crippen LogP contribution in [0.15, 0.2) is 221 Å². The minimum Gasteiger partial charge on any atom is -0.476 e. The summed E-state index contributed by atoms with van der Waals surface area (Å²) in [6.07, 6.45) is 36.4. The summed E-state index contributed by atoms with van der Waals surface area (Å²) < 4.78 is 29.8. The second-order valence-electron chi connectivity index (χ2n) is 31.6. The number of carbonyl (C=O) groups is 7. The van der Waals surface area contributed by atoms with Crippen molar-refractivity contribution in [2.45, 2.75) is 142 Å². The highest BCUT2D eigenvalue weighted by atomic mass is 35.5. The van der Waals surface area contributed by atoms with Crippen LogP contribution in [0, 0.1) is 11.3 Å². The molecule has 692 valence electrons. The SMILES string of the molecule is C.CCOC(=O)c1cn2ccnc(Cl)c2n1.C[C@@H]1CC[C@@H](O)CN1C(=O)c1ccccc1-n1nccn1.C[C@@H]1CC[C@@H](Oc2nccn3cc(C#N)nc23)CN1C(=O)c1ccccc1-n1nccn1.C[C@@H]1CC[C@@H](Oc2nccn3cc(C(=O)O)nc23)CN1C(=O)c1ccccc1-n1nccn1.C[C@@H]1CC[C@@H](Oc2nccn3cc(C(N)=O)nc23)CN1C(=O)c1ccccc1-n1nccn1. The summed E-state index contributed by atoms with van der Waals surface area (Å²) in [5.74, 6) is -1.78. The fourth-order valence-electron chi connectivity index (χ4n) is 15.9. The second kappa shape index (κ2) is 42.1. The predicted octanol–water partition coefficient (Wildman–Crippen LogP) is 9.26. The third-order valence-corrected chi connectivity index (χ3v) is 23.0. The Hall–Kier alpha value is -16.7. The average Bonchev–Trinajstić information content (AvgIpc) is 1.63. The number of esters is 1. The smallest absolute Gasteiger partial charge is 0.358 e. The zero-order valence-corrected chi connectivity index (χ0v) is 73.7. The van der Waals surface area contributed by atoms with E-state index in [4.69, 9.17) is 41.5 Å². The lowest BCUT2D eigenvalue weighted by Crippen LogP contribution is -2.49. The van der Waals surface area contributed by atoms with Gasteiger partial charge in [-0.05, 0) is 135 Å². The number of carboxylic acids is 1. The highest BCUT2D eigenvalue weighted by Crippen LogP contribution is 2.33. The number of aliphatic hydroxyl groups is 1. The Kier molecular flexibility index (Phi) is 29.0. The fourth-order valence-corrected chi connectivity index (χ4v) is 16.1. The number of aromatic nitrogens is 24. The van der Waals surface area contributed by atoms with Gasteiger partial charge in [0.15, 0.2) is 27.9 Å². The zero-order valence-electron chi connectivity index (χ0n) is 72.9. The van der Waals surface area contributed by atoms with Crippen LogP contribution in [0.25, 0.3) is 45.3 Å². The molecule has 5 amide bonds. The number of rotatable bonds is 18. The van der Waals surface area contributed by atoms with E-state index in [2.05, 4.69) is 80.7 Å². The van der Waals surface area contributed by atoms with Crippen molar-refractivity contribution in [3.8, 4) is 46.5 Å². The van der Waals surface area contributed by atoms with E-state index < -0.39 is 23.9 Å². The Morgan fingerprint density at radius 1 is 0.415 bits per heavy atom. The molecule has 4 N–H and O–H groups in total. The topological polar surface area (TPSA) is 503 Å². The molecule has 44 heteroatoms. The van der Waals surface area contributed by atoms with Crippen LogP contribution in [0.5, 0.6) is 17.6 Å². The lowest BCUT2D eigenvalue weighted by Gasteiger charge is -2.38. The fraction of sp³-hybridized carbons (Fsp3) is 0.297. The van der Waals surface area contributed by atoms with Crippen molar-refractivity contribution >= 4 is 75.7 Å². The van der Waals surface area contributed by atoms with Crippen LogP contribution in [-0.4, -0.2) is 270 Å². The Morgan fingerprint density at radius 3 is 1.08 bits per heavy atom. The highest BCUT2D eigenvalue weighted by Gasteiger charge is 2.38. The maximum Gasteiger partial charge on any atom is 0.358 e. The number of likely N-dealkylation sites (tertiary alicyclic amines) is 4. The van der Waals surface area contributed by atoms with Gasteiger partial charge in [0, 0.05) is 105 Å². The Labute approximate surface area is 774 Å². The van der Waals surface area contributed by atoms with Crippen LogP contribution < -0.4 is 19.9 Å². The van der Waals surface area contributed by atoms with Crippen LogP contribution in [0.3, 0.4) is 0 Å². The molecule has 16 aromatic rings. The van der Waals surface area contributed by atoms with Gasteiger partial charge < -0.3 is 67.7 Å². The molecule has 0 unspecified atom stereocenters. The molecule has 0 bridgehead atoms. The number of primary amides is 1. The molecule has 4 aromatic carbocycles. The Bertz CT molecular complexity index is 6720. The maximum absolute atomic E-state index is 13.5. The normalized spacial score (nSPS) is 18.0. The summed E-state index contributed by atoms with van der Waals surface area (Å²) in [4.78, 5) is 134. The number of halogens is 1. The number of ether oxygens (including phenoxy) is 4. The molecule has 8 atom stereocenters. The number of aromatic carboxylic acids is 1. The lowest BCUT2D eigenvalue weighted by atomic mass is 9.99. The second-order valence-corrected chi connectivity index (χ2v) is 32.0. The molecule has 4 fully saturated rings. The monoisotopic (exact) mass is 1850 g/mol. The largest absolute Gasteiger partial charge is 0.476 e. The standard InChI is InChI=1S/C22H22N8O3.C22H20N8O2.C22H21N7O4.C15H18N4O2.C9H8ClN3O2.CH4/c1-14-6-7-15(33-21-20-27-17(19(23)31)13-28(20)11-10-24-21)12-29(14)22(32)16-4-2-3-5-18(16)30-25-8-9-26-30;1-15-6-7-17(32-21-20-27-16(12-23)13-28(20)11-10-24-21)14-29(15)22(31)18-4-2-3-5-19(18)30-25-8-9-26-30;1-14-6-7-15(33-20-19-26-17(22(31)32)13-27(19)11-10-23-20)12-28(14)21(30)16-4-2-3-5-18(16)29-24-8-9-25-29;1-11-6-7-12(20)10-18(11)15(21)13-4-2-3-5-14(13)19-16-8-9-17-19;1-2-15-9(14)6-5-13-4-3-11-7(10)8(13)12-6;/h2-5,8-11,13-15H,6-7,12H2,1H3,(H2,23,31);2-5,8-11,13,15,17H,6-7,14H2,1H3;2-5,8-11,13-15H,6-7,12H2,1H3,(H,31,32);2-5,8-9,11-12,20H,6-7,10H2,1H3;3-5H,2H2,1H3;1H4/t14-,15-;15-,17-;14-,15-;11-,12-;;/m1111../s1. The summed E-state index contributed by atoms with van der Waals surface area (Å²) in [5, 5.41) is 61.6. The van der Waals surface area contributed by atoms with Crippen LogP contribution in [-0.2, 0) is 4.74 Å². The number of aliphatic hydroxyl groups excluding tert-OH is 1. The van der Waals surface area contributed by atoms with Crippen molar-refractivity contribution < 1.29 is 62.7 Å². The van der Waals surface area contributed by atoms with Crippen molar-refractivity contribution in [1.29, 1.82) is 5.26 Å². The van der Waals surface area contributed by atoms with Crippen molar-refractivity contribution in [3.05, 3.63) is 271 Å². The van der Waals surface area contributed by atoms with Crippen LogP contribution in [0.2, 0.25) is 5.15 Å². The summed E-state index contributed by atoms with van der Waals surface area (Å²) in [5.41, 5.74) is 12.2. The van der Waals surface area contributed by atoms with Crippen molar-refractivity contribution in [3.63, 3.8) is 0 Å². The molecule has 135 heavy (non-hydrogen) atoms. The van der Waals surface area contributed by atoms with E-state index in [1.165, 1.54) is 44.0 Å². The molecule has 16 heterocycles. The Balaban J connectivity index is 0.000000131. The van der Waals surface area contributed by atoms with Gasteiger partial charge in [0.2, 0.25) is 16.9 Å². The van der Waals surface area contributed by atoms with E-state index in [1.54, 1.807) is 169 Å². The zero-order chi connectivity index (χ0) is 93.6. The summed E-state index contributed by atoms with van der Waals surface area (Å²) in [7, 11) is 0.